The molecule has 1 heterocycles. The summed E-state index contributed by atoms with van der Waals surface area (Å²) >= 11 is 0. The molecule has 1 aromatic rings. The normalized spacial score (nSPS) is 23.6. The maximum atomic E-state index is 12.5. The molecular formula is C19H30N2O. The minimum absolute atomic E-state index is 0.0603. The third kappa shape index (κ3) is 4.57. The van der Waals surface area contributed by atoms with Crippen molar-refractivity contribution >= 4 is 5.91 Å². The fraction of sp³-hybridized carbons (Fsp3) is 0.632. The van der Waals surface area contributed by atoms with Crippen LogP contribution < -0.4 is 0 Å². The van der Waals surface area contributed by atoms with Crippen LogP contribution in [-0.2, 0) is 11.3 Å². The van der Waals surface area contributed by atoms with Crippen LogP contribution in [0, 0.1) is 5.41 Å². The Labute approximate surface area is 135 Å². The molecule has 1 aliphatic rings. The Hall–Kier alpha value is -1.35. The van der Waals surface area contributed by atoms with Gasteiger partial charge in [0.1, 0.15) is 0 Å². The molecule has 0 aliphatic carbocycles. The van der Waals surface area contributed by atoms with Gasteiger partial charge in [0.25, 0.3) is 0 Å². The summed E-state index contributed by atoms with van der Waals surface area (Å²) in [4.78, 5) is 17.0. The molecule has 0 saturated carbocycles. The van der Waals surface area contributed by atoms with Gasteiger partial charge in [-0.15, -0.1) is 0 Å². The zero-order valence-electron chi connectivity index (χ0n) is 14.7. The molecule has 0 aromatic heterocycles. The predicted octanol–water partition coefficient (Wildman–Crippen LogP) is 3.54. The number of benzene rings is 1. The van der Waals surface area contributed by atoms with Crippen molar-refractivity contribution in [3.63, 3.8) is 0 Å². The van der Waals surface area contributed by atoms with Gasteiger partial charge < -0.3 is 4.90 Å². The minimum atomic E-state index is 0.0603. The first-order chi connectivity index (χ1) is 10.3. The van der Waals surface area contributed by atoms with Gasteiger partial charge in [-0.3, -0.25) is 9.69 Å². The summed E-state index contributed by atoms with van der Waals surface area (Å²) in [6, 6.07) is 11.4. The molecule has 22 heavy (non-hydrogen) atoms. The molecule has 1 fully saturated rings. The molecular weight excluding hydrogens is 272 g/mol. The van der Waals surface area contributed by atoms with Gasteiger partial charge in [0.15, 0.2) is 0 Å². The van der Waals surface area contributed by atoms with Gasteiger partial charge in [0.05, 0.1) is 0 Å². The van der Waals surface area contributed by atoms with E-state index in [1.807, 2.05) is 0 Å². The zero-order valence-corrected chi connectivity index (χ0v) is 14.7. The monoisotopic (exact) mass is 302 g/mol. The lowest BCUT2D eigenvalue weighted by molar-refractivity contribution is -0.137. The Morgan fingerprint density at radius 3 is 2.14 bits per heavy atom. The molecule has 0 radical (unpaired) electrons. The van der Waals surface area contributed by atoms with Crippen molar-refractivity contribution in [2.75, 3.05) is 13.1 Å². The van der Waals surface area contributed by atoms with Crippen LogP contribution in [0.1, 0.15) is 46.6 Å². The van der Waals surface area contributed by atoms with Crippen LogP contribution >= 0.6 is 0 Å². The van der Waals surface area contributed by atoms with Crippen LogP contribution in [0.15, 0.2) is 30.3 Å². The van der Waals surface area contributed by atoms with E-state index in [-0.39, 0.29) is 5.41 Å². The van der Waals surface area contributed by atoms with Gasteiger partial charge in [-0.2, -0.15) is 0 Å². The van der Waals surface area contributed by atoms with E-state index in [4.69, 9.17) is 0 Å². The average Bonchev–Trinajstić information content (AvgIpc) is 2.42. The third-order valence-electron chi connectivity index (χ3n) is 4.34. The van der Waals surface area contributed by atoms with E-state index in [1.165, 1.54) is 5.56 Å². The van der Waals surface area contributed by atoms with Crippen molar-refractivity contribution < 1.29 is 4.79 Å². The highest BCUT2D eigenvalue weighted by molar-refractivity contribution is 5.77. The summed E-state index contributed by atoms with van der Waals surface area (Å²) in [5, 5.41) is 0. The molecule has 2 rings (SSSR count). The first kappa shape index (κ1) is 17.0. The Balaban J connectivity index is 1.98. The number of nitrogens with zero attached hydrogens (tertiary/aromatic N) is 2. The smallest absolute Gasteiger partial charge is 0.223 e. The summed E-state index contributed by atoms with van der Waals surface area (Å²) in [6.45, 7) is 13.5. The second-order valence-electron chi connectivity index (χ2n) is 7.89. The topological polar surface area (TPSA) is 23.6 Å². The predicted molar refractivity (Wildman–Crippen MR) is 91.6 cm³/mol. The van der Waals surface area contributed by atoms with Gasteiger partial charge >= 0.3 is 0 Å². The van der Waals surface area contributed by atoms with Crippen LogP contribution in [0.4, 0.5) is 0 Å². The Bertz CT molecular complexity index is 480. The highest BCUT2D eigenvalue weighted by Crippen LogP contribution is 2.24. The van der Waals surface area contributed by atoms with Crippen molar-refractivity contribution in [2.45, 2.75) is 59.7 Å². The summed E-state index contributed by atoms with van der Waals surface area (Å²) in [5.41, 5.74) is 1.40. The maximum absolute atomic E-state index is 12.5. The lowest BCUT2D eigenvalue weighted by Gasteiger charge is -2.45. The largest absolute Gasteiger partial charge is 0.340 e. The first-order valence-corrected chi connectivity index (χ1v) is 8.34. The molecule has 2 atom stereocenters. The second kappa shape index (κ2) is 6.82. The second-order valence-corrected chi connectivity index (χ2v) is 7.89. The fourth-order valence-electron chi connectivity index (χ4n) is 3.23. The Morgan fingerprint density at radius 2 is 1.64 bits per heavy atom. The van der Waals surface area contributed by atoms with Crippen LogP contribution in [0.3, 0.4) is 0 Å². The van der Waals surface area contributed by atoms with Gasteiger partial charge in [0, 0.05) is 38.1 Å². The van der Waals surface area contributed by atoms with Crippen molar-refractivity contribution in [3.8, 4) is 0 Å². The number of carbonyl (C=O) groups is 1. The van der Waals surface area contributed by atoms with Crippen molar-refractivity contribution in [1.29, 1.82) is 0 Å². The van der Waals surface area contributed by atoms with E-state index >= 15 is 0 Å². The van der Waals surface area contributed by atoms with E-state index in [0.29, 0.717) is 24.4 Å². The Kier molecular flexibility index (Phi) is 5.28. The van der Waals surface area contributed by atoms with Crippen LogP contribution in [-0.4, -0.2) is 40.9 Å². The molecule has 0 bridgehead atoms. The molecule has 3 nitrogen and oxygen atoms in total. The number of rotatable bonds is 3. The number of piperazine rings is 1. The lowest BCUT2D eigenvalue weighted by atomic mass is 9.91. The SMILES string of the molecule is CC1CN(C(=O)CC(C)(C)C)CC(C)N1Cc1ccccc1. The summed E-state index contributed by atoms with van der Waals surface area (Å²) < 4.78 is 0. The van der Waals surface area contributed by atoms with E-state index in [1.54, 1.807) is 0 Å². The summed E-state index contributed by atoms with van der Waals surface area (Å²) in [5.74, 6) is 0.297. The molecule has 3 heteroatoms. The molecule has 1 aromatic carbocycles. The van der Waals surface area contributed by atoms with Gasteiger partial charge in [-0.25, -0.2) is 0 Å². The lowest BCUT2D eigenvalue weighted by Crippen LogP contribution is -2.57. The van der Waals surface area contributed by atoms with Crippen LogP contribution in [0.2, 0.25) is 0 Å². The van der Waals surface area contributed by atoms with Gasteiger partial charge in [-0.1, -0.05) is 51.1 Å². The molecule has 0 N–H and O–H groups in total. The van der Waals surface area contributed by atoms with E-state index in [0.717, 1.165) is 19.6 Å². The summed E-state index contributed by atoms with van der Waals surface area (Å²) in [6.07, 6.45) is 0.630. The van der Waals surface area contributed by atoms with Gasteiger partial charge in [0.2, 0.25) is 5.91 Å². The number of carbonyl (C=O) groups excluding carboxylic acids is 1. The standard InChI is InChI=1S/C19H30N2O/c1-15-12-20(18(22)11-19(3,4)5)13-16(2)21(15)14-17-9-7-6-8-10-17/h6-10,15-16H,11-14H2,1-5H3. The average molecular weight is 302 g/mol. The third-order valence-corrected chi connectivity index (χ3v) is 4.34. The van der Waals surface area contributed by atoms with Crippen molar-refractivity contribution in [1.82, 2.24) is 9.80 Å². The van der Waals surface area contributed by atoms with E-state index in [2.05, 4.69) is 74.8 Å². The van der Waals surface area contributed by atoms with Crippen LogP contribution in [0.5, 0.6) is 0 Å². The molecule has 1 aliphatic heterocycles. The quantitative estimate of drug-likeness (QED) is 0.852. The first-order valence-electron chi connectivity index (χ1n) is 8.34. The maximum Gasteiger partial charge on any atom is 0.223 e. The van der Waals surface area contributed by atoms with E-state index < -0.39 is 0 Å². The number of hydrogen-bond acceptors (Lipinski definition) is 2. The molecule has 0 spiro atoms. The van der Waals surface area contributed by atoms with Gasteiger partial charge in [-0.05, 0) is 24.8 Å². The zero-order chi connectivity index (χ0) is 16.3. The highest BCUT2D eigenvalue weighted by atomic mass is 16.2. The van der Waals surface area contributed by atoms with E-state index in [9.17, 15) is 4.79 Å². The van der Waals surface area contributed by atoms with Crippen LogP contribution in [0.25, 0.3) is 0 Å². The minimum Gasteiger partial charge on any atom is -0.340 e. The molecule has 122 valence electrons. The van der Waals surface area contributed by atoms with Crippen molar-refractivity contribution in [3.05, 3.63) is 35.9 Å². The number of hydrogen-bond donors (Lipinski definition) is 0. The Morgan fingerprint density at radius 1 is 1.09 bits per heavy atom. The highest BCUT2D eigenvalue weighted by Gasteiger charge is 2.32. The number of amides is 1. The molecule has 2 unspecified atom stereocenters. The van der Waals surface area contributed by atoms with Crippen molar-refractivity contribution in [2.24, 2.45) is 5.41 Å². The molecule has 1 saturated heterocycles. The summed E-state index contributed by atoms with van der Waals surface area (Å²) in [7, 11) is 0. The molecule has 1 amide bonds. The fourth-order valence-corrected chi connectivity index (χ4v) is 3.23.